The summed E-state index contributed by atoms with van der Waals surface area (Å²) in [7, 11) is 0. The fourth-order valence-corrected chi connectivity index (χ4v) is 3.01. The molecule has 0 N–H and O–H groups in total. The number of hydrogen-bond donors (Lipinski definition) is 0. The molecule has 0 unspecified atom stereocenters. The van der Waals surface area contributed by atoms with Crippen molar-refractivity contribution in [3.63, 3.8) is 0 Å². The molecule has 0 bridgehead atoms. The normalized spacial score (nSPS) is 10.6. The number of ether oxygens (including phenoxy) is 2. The zero-order valence-electron chi connectivity index (χ0n) is 13.3. The molecule has 3 rings (SSSR count). The van der Waals surface area contributed by atoms with E-state index in [0.29, 0.717) is 24.5 Å². The topological polar surface area (TPSA) is 35.5 Å². The number of benzene rings is 3. The predicted molar refractivity (Wildman–Crippen MR) is 103 cm³/mol. The van der Waals surface area contributed by atoms with Crippen LogP contribution in [0, 0.1) is 3.57 Å². The number of carbonyl (C=O) groups is 1. The van der Waals surface area contributed by atoms with E-state index in [1.165, 1.54) is 0 Å². The highest BCUT2D eigenvalue weighted by Crippen LogP contribution is 2.30. The van der Waals surface area contributed by atoms with Crippen molar-refractivity contribution in [2.45, 2.75) is 13.5 Å². The van der Waals surface area contributed by atoms with Crippen molar-refractivity contribution >= 4 is 39.3 Å². The second-order valence-electron chi connectivity index (χ2n) is 5.33. The van der Waals surface area contributed by atoms with Gasteiger partial charge in [0, 0.05) is 8.96 Å². The van der Waals surface area contributed by atoms with Crippen LogP contribution in [0.2, 0.25) is 0 Å². The Morgan fingerprint density at radius 3 is 2.58 bits per heavy atom. The van der Waals surface area contributed by atoms with Gasteiger partial charge in [-0.3, -0.25) is 0 Å². The predicted octanol–water partition coefficient (Wildman–Crippen LogP) is 5.20. The van der Waals surface area contributed by atoms with Gasteiger partial charge in [0.1, 0.15) is 12.4 Å². The van der Waals surface area contributed by atoms with E-state index in [4.69, 9.17) is 9.47 Å². The minimum atomic E-state index is -0.331. The van der Waals surface area contributed by atoms with E-state index in [0.717, 1.165) is 19.9 Å². The number of rotatable bonds is 5. The molecule has 122 valence electrons. The van der Waals surface area contributed by atoms with Gasteiger partial charge in [0.15, 0.2) is 0 Å². The van der Waals surface area contributed by atoms with E-state index in [2.05, 4.69) is 22.6 Å². The molecular formula is C20H17IO3. The van der Waals surface area contributed by atoms with Crippen molar-refractivity contribution in [1.82, 2.24) is 0 Å². The van der Waals surface area contributed by atoms with Gasteiger partial charge < -0.3 is 9.47 Å². The lowest BCUT2D eigenvalue weighted by Gasteiger charge is -2.12. The van der Waals surface area contributed by atoms with E-state index >= 15 is 0 Å². The van der Waals surface area contributed by atoms with Crippen LogP contribution < -0.4 is 4.74 Å². The molecule has 3 aromatic carbocycles. The minimum absolute atomic E-state index is 0.331. The van der Waals surface area contributed by atoms with Gasteiger partial charge in [0.2, 0.25) is 0 Å². The van der Waals surface area contributed by atoms with E-state index in [-0.39, 0.29) is 5.97 Å². The van der Waals surface area contributed by atoms with Gasteiger partial charge in [-0.25, -0.2) is 4.79 Å². The first-order valence-electron chi connectivity index (χ1n) is 7.74. The van der Waals surface area contributed by atoms with Gasteiger partial charge >= 0.3 is 5.97 Å². The van der Waals surface area contributed by atoms with E-state index in [1.54, 1.807) is 13.0 Å². The van der Waals surface area contributed by atoms with Crippen LogP contribution in [0.3, 0.4) is 0 Å². The van der Waals surface area contributed by atoms with Gasteiger partial charge in [0.25, 0.3) is 0 Å². The molecular weight excluding hydrogens is 415 g/mol. The molecule has 0 aromatic heterocycles. The first kappa shape index (κ1) is 16.8. The Bertz CT molecular complexity index is 859. The lowest BCUT2D eigenvalue weighted by Crippen LogP contribution is -2.05. The molecule has 0 aliphatic heterocycles. The van der Waals surface area contributed by atoms with Crippen molar-refractivity contribution in [3.8, 4) is 5.75 Å². The Morgan fingerprint density at radius 2 is 1.83 bits per heavy atom. The van der Waals surface area contributed by atoms with Crippen molar-refractivity contribution in [3.05, 3.63) is 75.4 Å². The number of carbonyl (C=O) groups excluding carboxylic acids is 1. The van der Waals surface area contributed by atoms with Gasteiger partial charge in [-0.1, -0.05) is 30.3 Å². The average molecular weight is 432 g/mol. The Labute approximate surface area is 154 Å². The molecule has 0 atom stereocenters. The summed E-state index contributed by atoms with van der Waals surface area (Å²) in [4.78, 5) is 12.1. The number of esters is 1. The first-order valence-corrected chi connectivity index (χ1v) is 8.82. The van der Waals surface area contributed by atoms with Crippen molar-refractivity contribution in [2.75, 3.05) is 6.61 Å². The molecule has 0 spiro atoms. The Morgan fingerprint density at radius 1 is 1.04 bits per heavy atom. The summed E-state index contributed by atoms with van der Waals surface area (Å²) in [5.74, 6) is 0.360. The summed E-state index contributed by atoms with van der Waals surface area (Å²) in [6.07, 6.45) is 0. The lowest BCUT2D eigenvalue weighted by atomic mass is 10.1. The Balaban J connectivity index is 1.98. The van der Waals surface area contributed by atoms with Crippen LogP contribution in [0.5, 0.6) is 5.75 Å². The number of halogens is 1. The fourth-order valence-electron chi connectivity index (χ4n) is 2.49. The largest absolute Gasteiger partial charge is 0.488 e. The zero-order chi connectivity index (χ0) is 16.9. The smallest absolute Gasteiger partial charge is 0.338 e. The average Bonchev–Trinajstić information content (AvgIpc) is 2.60. The molecule has 0 fully saturated rings. The van der Waals surface area contributed by atoms with Crippen LogP contribution in [-0.4, -0.2) is 12.6 Å². The van der Waals surface area contributed by atoms with Crippen LogP contribution in [0.1, 0.15) is 22.8 Å². The third-order valence-electron chi connectivity index (χ3n) is 3.62. The summed E-state index contributed by atoms with van der Waals surface area (Å²) >= 11 is 2.26. The SMILES string of the molecule is CCOC(=O)c1cc(OCc2ccccc2)c2ccc(I)cc2c1. The van der Waals surface area contributed by atoms with Gasteiger partial charge in [-0.2, -0.15) is 0 Å². The molecule has 0 aliphatic rings. The van der Waals surface area contributed by atoms with Crippen LogP contribution >= 0.6 is 22.6 Å². The maximum Gasteiger partial charge on any atom is 0.338 e. The highest BCUT2D eigenvalue weighted by Gasteiger charge is 2.12. The second-order valence-corrected chi connectivity index (χ2v) is 6.58. The van der Waals surface area contributed by atoms with Crippen LogP contribution in [0.25, 0.3) is 10.8 Å². The monoisotopic (exact) mass is 432 g/mol. The highest BCUT2D eigenvalue weighted by atomic mass is 127. The molecule has 0 heterocycles. The molecule has 3 nitrogen and oxygen atoms in total. The first-order chi connectivity index (χ1) is 11.7. The molecule has 4 heteroatoms. The standard InChI is InChI=1S/C20H17IO3/c1-2-23-20(22)16-10-15-11-17(21)8-9-18(15)19(12-16)24-13-14-6-4-3-5-7-14/h3-12H,2,13H2,1H3. The third-order valence-corrected chi connectivity index (χ3v) is 4.30. The van der Waals surface area contributed by atoms with Crippen LogP contribution in [0.15, 0.2) is 60.7 Å². The van der Waals surface area contributed by atoms with Crippen molar-refractivity contribution < 1.29 is 14.3 Å². The van der Waals surface area contributed by atoms with Gasteiger partial charge in [-0.15, -0.1) is 0 Å². The second kappa shape index (κ2) is 7.66. The maximum atomic E-state index is 12.1. The Hall–Kier alpha value is -2.08. The minimum Gasteiger partial charge on any atom is -0.488 e. The Kier molecular flexibility index (Phi) is 5.35. The van der Waals surface area contributed by atoms with Crippen LogP contribution in [0.4, 0.5) is 0 Å². The van der Waals surface area contributed by atoms with E-state index < -0.39 is 0 Å². The summed E-state index contributed by atoms with van der Waals surface area (Å²) in [6, 6.07) is 19.7. The highest BCUT2D eigenvalue weighted by molar-refractivity contribution is 14.1. The summed E-state index contributed by atoms with van der Waals surface area (Å²) in [6.45, 7) is 2.60. The molecule has 0 aliphatic carbocycles. The van der Waals surface area contributed by atoms with Gasteiger partial charge in [-0.05, 0) is 70.8 Å². The zero-order valence-corrected chi connectivity index (χ0v) is 15.4. The molecule has 24 heavy (non-hydrogen) atoms. The number of hydrogen-bond acceptors (Lipinski definition) is 3. The summed E-state index contributed by atoms with van der Waals surface area (Å²) < 4.78 is 12.2. The summed E-state index contributed by atoms with van der Waals surface area (Å²) in [5.41, 5.74) is 1.59. The maximum absolute atomic E-state index is 12.1. The summed E-state index contributed by atoms with van der Waals surface area (Å²) in [5, 5.41) is 1.95. The molecule has 0 saturated heterocycles. The number of fused-ring (bicyclic) bond motifs is 1. The molecule has 0 radical (unpaired) electrons. The third kappa shape index (κ3) is 3.87. The fraction of sp³-hybridized carbons (Fsp3) is 0.150. The lowest BCUT2D eigenvalue weighted by molar-refractivity contribution is 0.0526. The molecule has 0 saturated carbocycles. The van der Waals surface area contributed by atoms with Crippen LogP contribution in [-0.2, 0) is 11.3 Å². The van der Waals surface area contributed by atoms with E-state index in [9.17, 15) is 4.79 Å². The quantitative estimate of drug-likeness (QED) is 0.411. The van der Waals surface area contributed by atoms with Crippen molar-refractivity contribution in [2.24, 2.45) is 0 Å². The van der Waals surface area contributed by atoms with Gasteiger partial charge in [0.05, 0.1) is 12.2 Å². The molecule has 3 aromatic rings. The molecule has 0 amide bonds. The van der Waals surface area contributed by atoms with E-state index in [1.807, 2.05) is 54.6 Å². The van der Waals surface area contributed by atoms with Crippen molar-refractivity contribution in [1.29, 1.82) is 0 Å².